The number of benzene rings is 1. The topological polar surface area (TPSA) is 72.9 Å². The molecule has 1 saturated heterocycles. The molecule has 0 saturated carbocycles. The van der Waals surface area contributed by atoms with E-state index < -0.39 is 5.97 Å². The Morgan fingerprint density at radius 3 is 2.45 bits per heavy atom. The van der Waals surface area contributed by atoms with Crippen molar-refractivity contribution in [3.8, 4) is 0 Å². The number of amides is 2. The number of anilines is 1. The number of nitrogens with zero attached hydrogens (tertiary/aromatic N) is 2. The van der Waals surface area contributed by atoms with Crippen LogP contribution in [0.15, 0.2) is 18.2 Å². The van der Waals surface area contributed by atoms with Crippen LogP contribution in [0.2, 0.25) is 5.02 Å². The second kappa shape index (κ2) is 6.11. The fraction of sp³-hybridized carbons (Fsp3) is 0.385. The van der Waals surface area contributed by atoms with Gasteiger partial charge in [-0.2, -0.15) is 0 Å². The highest BCUT2D eigenvalue weighted by atomic mass is 35.5. The molecule has 7 heteroatoms. The number of rotatable bonds is 2. The summed E-state index contributed by atoms with van der Waals surface area (Å²) in [6, 6.07) is 4.01. The van der Waals surface area contributed by atoms with Crippen LogP contribution in [0.25, 0.3) is 0 Å². The summed E-state index contributed by atoms with van der Waals surface area (Å²) >= 11 is 5.97. The van der Waals surface area contributed by atoms with E-state index in [4.69, 9.17) is 16.7 Å². The van der Waals surface area contributed by atoms with Crippen LogP contribution in [0.1, 0.15) is 10.4 Å². The lowest BCUT2D eigenvalue weighted by molar-refractivity contribution is 0.0697. The smallest absolute Gasteiger partial charge is 0.335 e. The zero-order chi connectivity index (χ0) is 14.7. The number of halogens is 1. The number of carbonyl (C=O) groups is 2. The molecular formula is C13H16ClN3O3. The molecule has 2 rings (SSSR count). The summed E-state index contributed by atoms with van der Waals surface area (Å²) in [5, 5.41) is 11.8. The molecule has 1 aliphatic heterocycles. The molecule has 1 fully saturated rings. The lowest BCUT2D eigenvalue weighted by atomic mass is 10.2. The van der Waals surface area contributed by atoms with Gasteiger partial charge in [0.1, 0.15) is 0 Å². The predicted molar refractivity (Wildman–Crippen MR) is 76.5 cm³/mol. The van der Waals surface area contributed by atoms with Crippen LogP contribution in [0.5, 0.6) is 0 Å². The van der Waals surface area contributed by atoms with E-state index in [1.165, 1.54) is 18.2 Å². The third-order valence-corrected chi connectivity index (χ3v) is 3.56. The SMILES string of the molecule is CN1CCN(C(=O)Nc2ccc(C(=O)O)cc2Cl)CC1. The number of aromatic carboxylic acids is 1. The first-order valence-electron chi connectivity index (χ1n) is 6.24. The molecule has 1 aromatic rings. The van der Waals surface area contributed by atoms with Crippen molar-refractivity contribution >= 4 is 29.3 Å². The average molecular weight is 298 g/mol. The van der Waals surface area contributed by atoms with E-state index >= 15 is 0 Å². The molecule has 0 spiro atoms. The van der Waals surface area contributed by atoms with Crippen LogP contribution in [0.4, 0.5) is 10.5 Å². The standard InChI is InChI=1S/C13H16ClN3O3/c1-16-4-6-17(7-5-16)13(20)15-11-3-2-9(12(18)19)8-10(11)14/h2-3,8H,4-7H2,1H3,(H,15,20)(H,18,19). The second-order valence-corrected chi connectivity index (χ2v) is 5.13. The molecule has 0 atom stereocenters. The Hall–Kier alpha value is -1.79. The first-order chi connectivity index (χ1) is 9.47. The summed E-state index contributed by atoms with van der Waals surface area (Å²) in [6.07, 6.45) is 0. The molecule has 0 bridgehead atoms. The number of hydrogen-bond acceptors (Lipinski definition) is 3. The third kappa shape index (κ3) is 3.40. The summed E-state index contributed by atoms with van der Waals surface area (Å²) < 4.78 is 0. The van der Waals surface area contributed by atoms with Crippen LogP contribution >= 0.6 is 11.6 Å². The molecule has 0 aromatic heterocycles. The van der Waals surface area contributed by atoms with Gasteiger partial charge in [0.15, 0.2) is 0 Å². The first kappa shape index (κ1) is 14.6. The maximum absolute atomic E-state index is 12.1. The van der Waals surface area contributed by atoms with Crippen molar-refractivity contribution in [2.75, 3.05) is 38.5 Å². The van der Waals surface area contributed by atoms with Gasteiger partial charge in [-0.3, -0.25) is 0 Å². The second-order valence-electron chi connectivity index (χ2n) is 4.72. The lowest BCUT2D eigenvalue weighted by Crippen LogP contribution is -2.48. The van der Waals surface area contributed by atoms with E-state index in [1.54, 1.807) is 4.90 Å². The van der Waals surface area contributed by atoms with Crippen molar-refractivity contribution in [3.05, 3.63) is 28.8 Å². The molecule has 0 aliphatic carbocycles. The molecule has 0 unspecified atom stereocenters. The molecule has 0 radical (unpaired) electrons. The Morgan fingerprint density at radius 2 is 1.90 bits per heavy atom. The third-order valence-electron chi connectivity index (χ3n) is 3.25. The van der Waals surface area contributed by atoms with Gasteiger partial charge in [0.05, 0.1) is 16.3 Å². The van der Waals surface area contributed by atoms with Crippen molar-refractivity contribution in [2.24, 2.45) is 0 Å². The van der Waals surface area contributed by atoms with Crippen LogP contribution < -0.4 is 5.32 Å². The minimum Gasteiger partial charge on any atom is -0.478 e. The zero-order valence-corrected chi connectivity index (χ0v) is 11.9. The van der Waals surface area contributed by atoms with E-state index in [0.29, 0.717) is 18.8 Å². The summed E-state index contributed by atoms with van der Waals surface area (Å²) in [5.41, 5.74) is 0.508. The van der Waals surface area contributed by atoms with E-state index in [0.717, 1.165) is 13.1 Å². The quantitative estimate of drug-likeness (QED) is 0.873. The highest BCUT2D eigenvalue weighted by molar-refractivity contribution is 6.34. The van der Waals surface area contributed by atoms with E-state index in [-0.39, 0.29) is 16.6 Å². The van der Waals surface area contributed by atoms with Crippen molar-refractivity contribution in [3.63, 3.8) is 0 Å². The number of carboxylic acid groups (broad SMARTS) is 1. The van der Waals surface area contributed by atoms with Gasteiger partial charge < -0.3 is 20.2 Å². The van der Waals surface area contributed by atoms with Crippen LogP contribution in [-0.4, -0.2) is 60.1 Å². The van der Waals surface area contributed by atoms with Gasteiger partial charge in [-0.05, 0) is 25.2 Å². The molecule has 1 heterocycles. The van der Waals surface area contributed by atoms with Gasteiger partial charge in [-0.1, -0.05) is 11.6 Å². The van der Waals surface area contributed by atoms with Gasteiger partial charge in [-0.25, -0.2) is 9.59 Å². The maximum Gasteiger partial charge on any atom is 0.335 e. The molecule has 6 nitrogen and oxygen atoms in total. The highest BCUT2D eigenvalue weighted by Gasteiger charge is 2.19. The Bertz CT molecular complexity index is 528. The number of nitrogens with one attached hydrogen (secondary N) is 1. The summed E-state index contributed by atoms with van der Waals surface area (Å²) in [7, 11) is 2.01. The van der Waals surface area contributed by atoms with Gasteiger partial charge in [-0.15, -0.1) is 0 Å². The van der Waals surface area contributed by atoms with E-state index in [1.807, 2.05) is 7.05 Å². The van der Waals surface area contributed by atoms with Crippen LogP contribution in [-0.2, 0) is 0 Å². The van der Waals surface area contributed by atoms with Crippen molar-refractivity contribution in [1.29, 1.82) is 0 Å². The summed E-state index contributed by atoms with van der Waals surface area (Å²) in [4.78, 5) is 26.7. The number of likely N-dealkylation sites (N-methyl/N-ethyl adjacent to an activating group) is 1. The Kier molecular flexibility index (Phi) is 4.46. The Morgan fingerprint density at radius 1 is 1.25 bits per heavy atom. The fourth-order valence-corrected chi connectivity index (χ4v) is 2.18. The number of hydrogen-bond donors (Lipinski definition) is 2. The van der Waals surface area contributed by atoms with E-state index in [9.17, 15) is 9.59 Å². The molecular weight excluding hydrogens is 282 g/mol. The normalized spacial score (nSPS) is 16.0. The number of carbonyl (C=O) groups excluding carboxylic acids is 1. The number of piperazine rings is 1. The maximum atomic E-state index is 12.1. The first-order valence-corrected chi connectivity index (χ1v) is 6.62. The molecule has 1 aromatic carbocycles. The number of carboxylic acids is 1. The van der Waals surface area contributed by atoms with Crippen LogP contribution in [0.3, 0.4) is 0 Å². The van der Waals surface area contributed by atoms with Crippen LogP contribution in [0, 0.1) is 0 Å². The molecule has 1 aliphatic rings. The average Bonchev–Trinajstić information content (AvgIpc) is 2.41. The minimum atomic E-state index is -1.05. The fourth-order valence-electron chi connectivity index (χ4n) is 1.95. The van der Waals surface area contributed by atoms with Crippen molar-refractivity contribution in [2.45, 2.75) is 0 Å². The van der Waals surface area contributed by atoms with Gasteiger partial charge >= 0.3 is 12.0 Å². The molecule has 2 N–H and O–H groups in total. The van der Waals surface area contributed by atoms with Gasteiger partial charge in [0, 0.05) is 26.2 Å². The number of urea groups is 1. The largest absolute Gasteiger partial charge is 0.478 e. The molecule has 2 amide bonds. The minimum absolute atomic E-state index is 0.0904. The van der Waals surface area contributed by atoms with E-state index in [2.05, 4.69) is 10.2 Å². The zero-order valence-electron chi connectivity index (χ0n) is 11.1. The van der Waals surface area contributed by atoms with Gasteiger partial charge in [0.25, 0.3) is 0 Å². The highest BCUT2D eigenvalue weighted by Crippen LogP contribution is 2.23. The molecule has 108 valence electrons. The summed E-state index contributed by atoms with van der Waals surface area (Å²) in [5.74, 6) is -1.05. The summed E-state index contributed by atoms with van der Waals surface area (Å²) in [6.45, 7) is 2.98. The van der Waals surface area contributed by atoms with Crippen molar-refractivity contribution in [1.82, 2.24) is 9.80 Å². The van der Waals surface area contributed by atoms with Crippen molar-refractivity contribution < 1.29 is 14.7 Å². The monoisotopic (exact) mass is 297 g/mol. The predicted octanol–water partition coefficient (Wildman–Crippen LogP) is 1.82. The van der Waals surface area contributed by atoms with Gasteiger partial charge in [0.2, 0.25) is 0 Å². The lowest BCUT2D eigenvalue weighted by Gasteiger charge is -2.32. The Labute approximate surface area is 121 Å². The Balaban J connectivity index is 2.02. The molecule has 20 heavy (non-hydrogen) atoms.